The van der Waals surface area contributed by atoms with Gasteiger partial charge in [0.05, 0.1) is 6.61 Å². The molecule has 8 nitrogen and oxygen atoms in total. The first-order valence-corrected chi connectivity index (χ1v) is 15.5. The number of amides is 1. The van der Waals surface area contributed by atoms with Gasteiger partial charge in [-0.1, -0.05) is 41.4 Å². The summed E-state index contributed by atoms with van der Waals surface area (Å²) in [7, 11) is 0. The molecule has 4 rings (SSSR count). The maximum atomic E-state index is 14.2. The largest absolute Gasteiger partial charge is 0.494 e. The second kappa shape index (κ2) is 15.1. The van der Waals surface area contributed by atoms with E-state index in [0.717, 1.165) is 0 Å². The third kappa shape index (κ3) is 9.19. The quantitative estimate of drug-likeness (QED) is 0.158. The number of carbonyl (C=O) groups excluding carboxylic acids is 2. The second-order valence-electron chi connectivity index (χ2n) is 11.7. The lowest BCUT2D eigenvalue weighted by Crippen LogP contribution is -2.49. The molecule has 0 saturated carbocycles. The third-order valence-electron chi connectivity index (χ3n) is 6.99. The summed E-state index contributed by atoms with van der Waals surface area (Å²) < 4.78 is 31.4. The van der Waals surface area contributed by atoms with E-state index in [2.05, 4.69) is 5.32 Å². The number of benzene rings is 3. The highest BCUT2D eigenvalue weighted by Crippen LogP contribution is 2.45. The molecule has 0 unspecified atom stereocenters. The molecule has 0 saturated heterocycles. The van der Waals surface area contributed by atoms with Crippen LogP contribution in [0, 0.1) is 5.82 Å². The maximum Gasteiger partial charge on any atom is 0.306 e. The van der Waals surface area contributed by atoms with Crippen LogP contribution in [0.25, 0.3) is 0 Å². The molecule has 11 heteroatoms. The lowest BCUT2D eigenvalue weighted by Gasteiger charge is -2.31. The zero-order chi connectivity index (χ0) is 32.6. The normalized spacial score (nSPS) is 17.8. The van der Waals surface area contributed by atoms with E-state index in [1.807, 2.05) is 0 Å². The molecule has 1 heterocycles. The van der Waals surface area contributed by atoms with E-state index >= 15 is 0 Å². The predicted molar refractivity (Wildman–Crippen MR) is 171 cm³/mol. The van der Waals surface area contributed by atoms with Gasteiger partial charge in [-0.05, 0) is 87.7 Å². The molecule has 1 aliphatic rings. The van der Waals surface area contributed by atoms with Gasteiger partial charge in [-0.3, -0.25) is 9.59 Å². The Morgan fingerprint density at radius 3 is 2.51 bits per heavy atom. The van der Waals surface area contributed by atoms with Crippen molar-refractivity contribution in [1.29, 1.82) is 0 Å². The number of aliphatic hydroxyl groups is 1. The fourth-order valence-corrected chi connectivity index (χ4v) is 5.42. The van der Waals surface area contributed by atoms with E-state index < -0.39 is 29.1 Å². The van der Waals surface area contributed by atoms with Crippen molar-refractivity contribution in [2.75, 3.05) is 19.8 Å². The minimum atomic E-state index is -1.62. The van der Waals surface area contributed by atoms with Gasteiger partial charge in [-0.15, -0.1) is 0 Å². The van der Waals surface area contributed by atoms with Crippen molar-refractivity contribution in [2.45, 2.75) is 63.7 Å². The van der Waals surface area contributed by atoms with Crippen molar-refractivity contribution < 1.29 is 33.3 Å². The van der Waals surface area contributed by atoms with E-state index in [0.29, 0.717) is 46.9 Å². The summed E-state index contributed by atoms with van der Waals surface area (Å²) in [6.45, 7) is 5.86. The number of aliphatic imine (C=N–C) groups is 1. The highest BCUT2D eigenvalue weighted by molar-refractivity contribution is 6.35. The van der Waals surface area contributed by atoms with Crippen molar-refractivity contribution in [3.63, 3.8) is 0 Å². The van der Waals surface area contributed by atoms with Gasteiger partial charge in [0.2, 0.25) is 5.90 Å². The number of aliphatic hydroxyl groups excluding tert-OH is 1. The van der Waals surface area contributed by atoms with Gasteiger partial charge >= 0.3 is 5.97 Å². The minimum Gasteiger partial charge on any atom is -0.494 e. The summed E-state index contributed by atoms with van der Waals surface area (Å²) in [6, 6.07) is 18.0. The van der Waals surface area contributed by atoms with Crippen molar-refractivity contribution in [3.8, 4) is 5.75 Å². The van der Waals surface area contributed by atoms with Crippen LogP contribution in [0.4, 0.5) is 4.39 Å². The number of nitrogens with one attached hydrogen (secondary N) is 1. The average molecular weight is 660 g/mol. The summed E-state index contributed by atoms with van der Waals surface area (Å²) in [5, 5.41) is 12.6. The monoisotopic (exact) mass is 658 g/mol. The first kappa shape index (κ1) is 34.2. The fraction of sp³-hybridized carbons (Fsp3) is 0.382. The van der Waals surface area contributed by atoms with Gasteiger partial charge in [0.15, 0.2) is 11.6 Å². The second-order valence-corrected chi connectivity index (χ2v) is 12.5. The number of esters is 1. The zero-order valence-electron chi connectivity index (χ0n) is 25.4. The predicted octanol–water partition coefficient (Wildman–Crippen LogP) is 6.63. The molecule has 0 aromatic heterocycles. The van der Waals surface area contributed by atoms with Gasteiger partial charge in [-0.25, -0.2) is 9.38 Å². The summed E-state index contributed by atoms with van der Waals surface area (Å²) in [5.41, 5.74) is -0.594. The molecule has 240 valence electrons. The van der Waals surface area contributed by atoms with Crippen molar-refractivity contribution in [1.82, 2.24) is 5.32 Å². The maximum absolute atomic E-state index is 14.2. The van der Waals surface area contributed by atoms with E-state index in [1.54, 1.807) is 75.4 Å². The Morgan fingerprint density at radius 2 is 1.84 bits per heavy atom. The average Bonchev–Trinajstić information content (AvgIpc) is 3.36. The molecule has 2 atom stereocenters. The highest BCUT2D eigenvalue weighted by atomic mass is 35.5. The molecule has 1 aliphatic heterocycles. The molecular formula is C34H37Cl2FN2O6. The fourth-order valence-electron chi connectivity index (χ4n) is 4.91. The zero-order valence-corrected chi connectivity index (χ0v) is 27.0. The summed E-state index contributed by atoms with van der Waals surface area (Å²) in [4.78, 5) is 32.0. The molecule has 0 radical (unpaired) electrons. The Hall–Kier alpha value is -3.66. The minimum absolute atomic E-state index is 0.0209. The molecule has 0 fully saturated rings. The van der Waals surface area contributed by atoms with Crippen LogP contribution < -0.4 is 10.1 Å². The number of carbonyl (C=O) groups is 2. The Balaban J connectivity index is 1.71. The number of nitrogens with zero attached hydrogens (tertiary/aromatic N) is 1. The van der Waals surface area contributed by atoms with Crippen molar-refractivity contribution in [3.05, 3.63) is 99.3 Å². The lowest BCUT2D eigenvalue weighted by molar-refractivity contribution is -0.155. The first-order valence-electron chi connectivity index (χ1n) is 14.7. The smallest absolute Gasteiger partial charge is 0.306 e. The number of rotatable bonds is 13. The van der Waals surface area contributed by atoms with Gasteiger partial charge in [0.25, 0.3) is 5.91 Å². The van der Waals surface area contributed by atoms with Gasteiger partial charge in [-0.2, -0.15) is 0 Å². The summed E-state index contributed by atoms with van der Waals surface area (Å²) >= 11 is 12.9. The van der Waals surface area contributed by atoms with E-state index in [4.69, 9.17) is 47.5 Å². The topological polar surface area (TPSA) is 106 Å². The third-order valence-corrected chi connectivity index (χ3v) is 7.56. The number of hydrogen-bond acceptors (Lipinski definition) is 7. The van der Waals surface area contributed by atoms with Crippen molar-refractivity contribution >= 4 is 41.0 Å². The number of hydrogen-bond donors (Lipinski definition) is 2. The van der Waals surface area contributed by atoms with Gasteiger partial charge < -0.3 is 24.6 Å². The van der Waals surface area contributed by atoms with Crippen LogP contribution in [0.1, 0.15) is 62.8 Å². The van der Waals surface area contributed by atoms with Gasteiger partial charge in [0, 0.05) is 47.2 Å². The summed E-state index contributed by atoms with van der Waals surface area (Å²) in [5.74, 6) is -0.582. The SMILES string of the molecule is CC(C)(C)OC(=O)CC[C@@]1(C(=O)NCCc2cccc(F)c2)N=C(c2ccc(OCCCO)cc2)O[C@@H]1c1ccc(Cl)cc1Cl. The number of ether oxygens (including phenoxy) is 3. The Kier molecular flexibility index (Phi) is 11.5. The Morgan fingerprint density at radius 1 is 1.09 bits per heavy atom. The van der Waals surface area contributed by atoms with E-state index in [9.17, 15) is 14.0 Å². The van der Waals surface area contributed by atoms with Crippen LogP contribution in [0.15, 0.2) is 71.7 Å². The molecule has 1 amide bonds. The molecule has 0 bridgehead atoms. The van der Waals surface area contributed by atoms with Crippen LogP contribution in [-0.2, 0) is 25.5 Å². The standard InChI is InChI=1S/C34H37Cl2FN2O6/c1-33(2,3)45-29(41)14-16-34(32(42)38-17-15-22-6-4-7-25(37)20-22)30(27-13-10-24(35)21-28(27)36)44-31(39-34)23-8-11-26(12-9-23)43-19-5-18-40/h4,6-13,20-21,30,40H,5,14-19H2,1-3H3,(H,38,42)/t30-,34-/m1/s1. The Labute approximate surface area is 272 Å². The molecule has 0 spiro atoms. The molecule has 2 N–H and O–H groups in total. The summed E-state index contributed by atoms with van der Waals surface area (Å²) in [6.07, 6.45) is -0.339. The molecule has 3 aromatic carbocycles. The van der Waals surface area contributed by atoms with Crippen molar-refractivity contribution in [2.24, 2.45) is 4.99 Å². The van der Waals surface area contributed by atoms with Crippen LogP contribution in [0.3, 0.4) is 0 Å². The van der Waals surface area contributed by atoms with E-state index in [1.165, 1.54) is 12.1 Å². The van der Waals surface area contributed by atoms with Crippen LogP contribution in [-0.4, -0.2) is 53.8 Å². The molecule has 3 aromatic rings. The lowest BCUT2D eigenvalue weighted by atomic mass is 9.83. The Bertz CT molecular complexity index is 1530. The van der Waals surface area contributed by atoms with Crippen LogP contribution in [0.2, 0.25) is 10.0 Å². The highest BCUT2D eigenvalue weighted by Gasteiger charge is 2.54. The van der Waals surface area contributed by atoms with Crippen LogP contribution in [0.5, 0.6) is 5.75 Å². The first-order chi connectivity index (χ1) is 21.4. The van der Waals surface area contributed by atoms with Crippen LogP contribution >= 0.6 is 23.2 Å². The molecular weight excluding hydrogens is 622 g/mol. The molecule has 0 aliphatic carbocycles. The van der Waals surface area contributed by atoms with E-state index in [-0.39, 0.29) is 42.7 Å². The molecule has 45 heavy (non-hydrogen) atoms. The van der Waals surface area contributed by atoms with Gasteiger partial charge in [0.1, 0.15) is 17.2 Å². The number of halogens is 3.